The first kappa shape index (κ1) is 19.7. The summed E-state index contributed by atoms with van der Waals surface area (Å²) in [4.78, 5) is 20.3. The monoisotopic (exact) mass is 325 g/mol. The van der Waals surface area contributed by atoms with Crippen LogP contribution in [-0.4, -0.2) is 74.5 Å². The minimum atomic E-state index is 0.0217. The van der Waals surface area contributed by atoms with E-state index in [0.29, 0.717) is 12.0 Å². The fraction of sp³-hybridized carbons (Fsp3) is 0.882. The van der Waals surface area contributed by atoms with E-state index in [-0.39, 0.29) is 12.5 Å². The molecule has 1 fully saturated rings. The predicted molar refractivity (Wildman–Crippen MR) is 96.7 cm³/mol. The van der Waals surface area contributed by atoms with Gasteiger partial charge in [-0.15, -0.1) is 0 Å². The second kappa shape index (κ2) is 10.5. The molecular weight excluding hydrogens is 290 g/mol. The molecule has 0 aromatic heterocycles. The van der Waals surface area contributed by atoms with E-state index in [9.17, 15) is 4.79 Å². The van der Waals surface area contributed by atoms with Crippen molar-refractivity contribution in [3.8, 4) is 0 Å². The van der Waals surface area contributed by atoms with Gasteiger partial charge in [0.15, 0.2) is 5.96 Å². The van der Waals surface area contributed by atoms with Gasteiger partial charge in [0.25, 0.3) is 0 Å². The summed E-state index contributed by atoms with van der Waals surface area (Å²) in [7, 11) is 3.52. The number of aliphatic imine (C=N–C) groups is 1. The number of amides is 1. The van der Waals surface area contributed by atoms with Crippen molar-refractivity contribution in [3.05, 3.63) is 0 Å². The molecule has 0 radical (unpaired) electrons. The van der Waals surface area contributed by atoms with Crippen LogP contribution in [0.15, 0.2) is 4.99 Å². The number of carbonyl (C=O) groups is 1. The van der Waals surface area contributed by atoms with Gasteiger partial charge in [0.05, 0.1) is 0 Å². The summed E-state index contributed by atoms with van der Waals surface area (Å²) in [6.07, 6.45) is 3.47. The molecule has 0 aromatic rings. The Morgan fingerprint density at radius 1 is 1.30 bits per heavy atom. The Hall–Kier alpha value is -1.30. The summed E-state index contributed by atoms with van der Waals surface area (Å²) in [6.45, 7) is 11.1. The molecule has 1 rings (SSSR count). The van der Waals surface area contributed by atoms with Gasteiger partial charge in [-0.1, -0.05) is 20.8 Å². The van der Waals surface area contributed by atoms with Crippen molar-refractivity contribution in [3.63, 3.8) is 0 Å². The van der Waals surface area contributed by atoms with E-state index in [2.05, 4.69) is 41.3 Å². The molecule has 0 spiro atoms. The fourth-order valence-electron chi connectivity index (χ4n) is 2.55. The maximum atomic E-state index is 11.7. The smallest absolute Gasteiger partial charge is 0.243 e. The van der Waals surface area contributed by atoms with Gasteiger partial charge in [-0.05, 0) is 31.7 Å². The molecule has 2 N–H and O–H groups in total. The maximum absolute atomic E-state index is 11.7. The molecule has 1 aliphatic heterocycles. The van der Waals surface area contributed by atoms with Gasteiger partial charge in [0, 0.05) is 39.8 Å². The molecule has 1 aliphatic rings. The van der Waals surface area contributed by atoms with Gasteiger partial charge < -0.3 is 20.4 Å². The molecule has 0 unspecified atom stereocenters. The highest BCUT2D eigenvalue weighted by Gasteiger charge is 2.19. The lowest BCUT2D eigenvalue weighted by Crippen LogP contribution is -2.49. The Morgan fingerprint density at radius 2 is 1.96 bits per heavy atom. The predicted octanol–water partition coefficient (Wildman–Crippen LogP) is 1.14. The van der Waals surface area contributed by atoms with Crippen LogP contribution in [0.4, 0.5) is 0 Å². The Morgan fingerprint density at radius 3 is 2.48 bits per heavy atom. The van der Waals surface area contributed by atoms with Crippen molar-refractivity contribution in [1.29, 1.82) is 0 Å². The van der Waals surface area contributed by atoms with Gasteiger partial charge in [-0.3, -0.25) is 4.79 Å². The van der Waals surface area contributed by atoms with Crippen molar-refractivity contribution >= 4 is 11.9 Å². The Bertz CT molecular complexity index is 373. The van der Waals surface area contributed by atoms with Crippen molar-refractivity contribution in [2.75, 3.05) is 46.8 Å². The quantitative estimate of drug-likeness (QED) is 0.544. The molecule has 6 nitrogen and oxygen atoms in total. The lowest BCUT2D eigenvalue weighted by molar-refractivity contribution is -0.127. The number of nitrogens with one attached hydrogen (secondary N) is 2. The number of nitrogens with zero attached hydrogens (tertiary/aromatic N) is 3. The van der Waals surface area contributed by atoms with Crippen LogP contribution in [0.2, 0.25) is 0 Å². The molecule has 0 aromatic carbocycles. The van der Waals surface area contributed by atoms with Crippen molar-refractivity contribution in [1.82, 2.24) is 20.4 Å². The first-order valence-corrected chi connectivity index (χ1v) is 8.89. The lowest BCUT2D eigenvalue weighted by atomic mass is 10.1. The van der Waals surface area contributed by atoms with Crippen LogP contribution in [-0.2, 0) is 4.79 Å². The first-order chi connectivity index (χ1) is 10.9. The van der Waals surface area contributed by atoms with Gasteiger partial charge in [0.2, 0.25) is 5.91 Å². The number of rotatable bonds is 7. The fourth-order valence-corrected chi connectivity index (χ4v) is 2.55. The third kappa shape index (κ3) is 8.21. The number of guanidine groups is 1. The Kier molecular flexibility index (Phi) is 8.99. The zero-order valence-corrected chi connectivity index (χ0v) is 15.6. The first-order valence-electron chi connectivity index (χ1n) is 8.89. The standard InChI is InChI=1S/C17H35N5O/c1-6-9-22-10-7-15(8-11-22)20-17(18-12-14(2)3)19-13-16(23)21(4)5/h14-15H,6-13H2,1-5H3,(H2,18,19,20). The largest absolute Gasteiger partial charge is 0.356 e. The molecule has 1 saturated heterocycles. The third-order valence-corrected chi connectivity index (χ3v) is 4.02. The normalized spacial score (nSPS) is 17.4. The Balaban J connectivity index is 2.52. The van der Waals surface area contributed by atoms with E-state index < -0.39 is 0 Å². The van der Waals surface area contributed by atoms with Crippen molar-refractivity contribution < 1.29 is 4.79 Å². The molecule has 0 bridgehead atoms. The number of piperidine rings is 1. The number of carbonyl (C=O) groups excluding carboxylic acids is 1. The van der Waals surface area contributed by atoms with E-state index in [0.717, 1.165) is 38.4 Å². The molecule has 1 amide bonds. The van der Waals surface area contributed by atoms with Gasteiger partial charge in [0.1, 0.15) is 6.54 Å². The molecule has 134 valence electrons. The molecule has 0 atom stereocenters. The van der Waals surface area contributed by atoms with Crippen molar-refractivity contribution in [2.45, 2.75) is 46.1 Å². The molecule has 0 aliphatic carbocycles. The number of likely N-dealkylation sites (N-methyl/N-ethyl adjacent to an activating group) is 1. The summed E-state index contributed by atoms with van der Waals surface area (Å²) in [5.41, 5.74) is 0. The number of hydrogen-bond donors (Lipinski definition) is 2. The summed E-state index contributed by atoms with van der Waals surface area (Å²) < 4.78 is 0. The molecule has 6 heteroatoms. The van der Waals surface area contributed by atoms with E-state index in [1.807, 2.05) is 0 Å². The molecular formula is C17H35N5O. The zero-order valence-electron chi connectivity index (χ0n) is 15.6. The maximum Gasteiger partial charge on any atom is 0.243 e. The van der Waals surface area contributed by atoms with Crippen molar-refractivity contribution in [2.24, 2.45) is 10.9 Å². The Labute approximate surface area is 141 Å². The third-order valence-electron chi connectivity index (χ3n) is 4.02. The molecule has 0 saturated carbocycles. The average Bonchev–Trinajstić information content (AvgIpc) is 2.51. The highest BCUT2D eigenvalue weighted by atomic mass is 16.2. The second-order valence-electron chi connectivity index (χ2n) is 6.99. The summed E-state index contributed by atoms with van der Waals surface area (Å²) in [5.74, 6) is 1.33. The highest BCUT2D eigenvalue weighted by Crippen LogP contribution is 2.10. The highest BCUT2D eigenvalue weighted by molar-refractivity contribution is 5.84. The second-order valence-corrected chi connectivity index (χ2v) is 6.99. The van der Waals surface area contributed by atoms with E-state index in [1.165, 1.54) is 13.0 Å². The van der Waals surface area contributed by atoms with Crippen LogP contribution in [0.25, 0.3) is 0 Å². The van der Waals surface area contributed by atoms with Crippen LogP contribution in [0, 0.1) is 5.92 Å². The van der Waals surface area contributed by atoms with Gasteiger partial charge >= 0.3 is 0 Å². The van der Waals surface area contributed by atoms with Gasteiger partial charge in [-0.25, -0.2) is 4.99 Å². The van der Waals surface area contributed by atoms with E-state index in [4.69, 9.17) is 0 Å². The number of hydrogen-bond acceptors (Lipinski definition) is 3. The van der Waals surface area contributed by atoms with Gasteiger partial charge in [-0.2, -0.15) is 0 Å². The van der Waals surface area contributed by atoms with Crippen LogP contribution >= 0.6 is 0 Å². The summed E-state index contributed by atoms with van der Waals surface area (Å²) in [6, 6.07) is 0.441. The molecule has 23 heavy (non-hydrogen) atoms. The van der Waals surface area contributed by atoms with Crippen LogP contribution in [0.3, 0.4) is 0 Å². The van der Waals surface area contributed by atoms with E-state index >= 15 is 0 Å². The van der Waals surface area contributed by atoms with Crippen LogP contribution < -0.4 is 10.6 Å². The van der Waals surface area contributed by atoms with Crippen LogP contribution in [0.5, 0.6) is 0 Å². The number of likely N-dealkylation sites (tertiary alicyclic amines) is 1. The zero-order chi connectivity index (χ0) is 17.2. The summed E-state index contributed by atoms with van der Waals surface area (Å²) in [5, 5.41) is 6.86. The minimum Gasteiger partial charge on any atom is -0.356 e. The average molecular weight is 326 g/mol. The molecule has 1 heterocycles. The van der Waals surface area contributed by atoms with E-state index in [1.54, 1.807) is 19.0 Å². The van der Waals surface area contributed by atoms with Crippen LogP contribution in [0.1, 0.15) is 40.0 Å². The SMILES string of the molecule is CCCN1CCC(NC(=NCC(=O)N(C)C)NCC(C)C)CC1. The lowest BCUT2D eigenvalue weighted by Gasteiger charge is -2.33. The topological polar surface area (TPSA) is 60.0 Å². The minimum absolute atomic E-state index is 0.0217. The summed E-state index contributed by atoms with van der Waals surface area (Å²) >= 11 is 0.